The minimum Gasteiger partial charge on any atom is -0.369 e. The average molecular weight is 290 g/mol. The van der Waals surface area contributed by atoms with E-state index < -0.39 is 5.41 Å². The molecule has 5 N–H and O–H groups in total. The number of hydrogen-bond acceptors (Lipinski definition) is 4. The van der Waals surface area contributed by atoms with Crippen molar-refractivity contribution in [3.05, 3.63) is 29.8 Å². The van der Waals surface area contributed by atoms with Gasteiger partial charge in [-0.1, -0.05) is 12.1 Å². The number of benzene rings is 1. The molecule has 114 valence electrons. The number of carbonyl (C=O) groups excluding carboxylic acids is 2. The summed E-state index contributed by atoms with van der Waals surface area (Å²) in [6, 6.07) is 7.43. The van der Waals surface area contributed by atoms with Gasteiger partial charge in [0.25, 0.3) is 0 Å². The van der Waals surface area contributed by atoms with Crippen molar-refractivity contribution in [3.63, 3.8) is 0 Å². The summed E-state index contributed by atoms with van der Waals surface area (Å²) >= 11 is 0. The predicted octanol–water partition coefficient (Wildman–Crippen LogP) is 0.281. The van der Waals surface area contributed by atoms with Gasteiger partial charge in [0.1, 0.15) is 0 Å². The molecule has 21 heavy (non-hydrogen) atoms. The molecule has 0 aliphatic carbocycles. The van der Waals surface area contributed by atoms with Gasteiger partial charge < -0.3 is 16.8 Å². The topological polar surface area (TPSA) is 101 Å². The Kier molecular flexibility index (Phi) is 4.59. The van der Waals surface area contributed by atoms with E-state index >= 15 is 0 Å². The first-order valence-electron chi connectivity index (χ1n) is 7.04. The third-order valence-corrected chi connectivity index (χ3v) is 3.99. The van der Waals surface area contributed by atoms with Crippen LogP contribution in [0.3, 0.4) is 0 Å². The van der Waals surface area contributed by atoms with Gasteiger partial charge in [0.2, 0.25) is 11.8 Å². The molecule has 1 atom stereocenters. The SMILES string of the molecule is CC1(C(N)=O)CCN(CC(=O)Nc2ccc(CN)cc2)C1. The fourth-order valence-corrected chi connectivity index (χ4v) is 2.52. The van der Waals surface area contributed by atoms with E-state index in [0.29, 0.717) is 26.1 Å². The number of anilines is 1. The lowest BCUT2D eigenvalue weighted by Gasteiger charge is -2.20. The second-order valence-corrected chi connectivity index (χ2v) is 5.83. The van der Waals surface area contributed by atoms with Crippen LogP contribution in [0.5, 0.6) is 0 Å². The fourth-order valence-electron chi connectivity index (χ4n) is 2.52. The lowest BCUT2D eigenvalue weighted by atomic mass is 9.89. The zero-order valence-electron chi connectivity index (χ0n) is 12.3. The molecule has 1 heterocycles. The summed E-state index contributed by atoms with van der Waals surface area (Å²) in [7, 11) is 0. The molecular weight excluding hydrogens is 268 g/mol. The maximum Gasteiger partial charge on any atom is 0.238 e. The smallest absolute Gasteiger partial charge is 0.238 e. The Morgan fingerprint density at radius 3 is 2.52 bits per heavy atom. The number of primary amides is 1. The standard InChI is InChI=1S/C15H22N4O2/c1-15(14(17)21)6-7-19(10-15)9-13(20)18-12-4-2-11(8-16)3-5-12/h2-5H,6-10,16H2,1H3,(H2,17,21)(H,18,20). The zero-order valence-corrected chi connectivity index (χ0v) is 12.3. The summed E-state index contributed by atoms with van der Waals surface area (Å²) in [6.07, 6.45) is 0.695. The van der Waals surface area contributed by atoms with E-state index in [9.17, 15) is 9.59 Å². The van der Waals surface area contributed by atoms with Crippen LogP contribution in [-0.2, 0) is 16.1 Å². The molecule has 1 saturated heterocycles. The van der Waals surface area contributed by atoms with Gasteiger partial charge in [-0.05, 0) is 37.6 Å². The number of amides is 2. The molecule has 0 saturated carbocycles. The summed E-state index contributed by atoms with van der Waals surface area (Å²) in [4.78, 5) is 25.4. The minimum atomic E-state index is -0.525. The molecule has 1 aliphatic rings. The summed E-state index contributed by atoms with van der Waals surface area (Å²) < 4.78 is 0. The number of nitrogens with zero attached hydrogens (tertiary/aromatic N) is 1. The zero-order chi connectivity index (χ0) is 15.5. The largest absolute Gasteiger partial charge is 0.369 e. The van der Waals surface area contributed by atoms with Gasteiger partial charge in [0.15, 0.2) is 0 Å². The third kappa shape index (κ3) is 3.80. The van der Waals surface area contributed by atoms with Crippen LogP contribution in [0.15, 0.2) is 24.3 Å². The van der Waals surface area contributed by atoms with Gasteiger partial charge in [0.05, 0.1) is 12.0 Å². The molecule has 6 nitrogen and oxygen atoms in total. The third-order valence-electron chi connectivity index (χ3n) is 3.99. The molecular formula is C15H22N4O2. The van der Waals surface area contributed by atoms with Gasteiger partial charge in [0, 0.05) is 18.8 Å². The van der Waals surface area contributed by atoms with Crippen molar-refractivity contribution in [1.82, 2.24) is 4.90 Å². The van der Waals surface area contributed by atoms with Crippen LogP contribution in [-0.4, -0.2) is 36.3 Å². The maximum absolute atomic E-state index is 12.0. The normalized spacial score (nSPS) is 22.2. The van der Waals surface area contributed by atoms with Gasteiger partial charge in [-0.15, -0.1) is 0 Å². The Hall–Kier alpha value is -1.92. The Morgan fingerprint density at radius 2 is 2.00 bits per heavy atom. The minimum absolute atomic E-state index is 0.0933. The van der Waals surface area contributed by atoms with E-state index in [1.807, 2.05) is 36.1 Å². The summed E-state index contributed by atoms with van der Waals surface area (Å²) in [5.41, 5.74) is 12.2. The molecule has 6 heteroatoms. The number of likely N-dealkylation sites (tertiary alicyclic amines) is 1. The number of hydrogen-bond donors (Lipinski definition) is 3. The number of carbonyl (C=O) groups is 2. The Labute approximate surface area is 124 Å². The van der Waals surface area contributed by atoms with E-state index in [2.05, 4.69) is 5.32 Å². The van der Waals surface area contributed by atoms with Crippen LogP contribution < -0.4 is 16.8 Å². The van der Waals surface area contributed by atoms with E-state index in [1.54, 1.807) is 0 Å². The monoisotopic (exact) mass is 290 g/mol. The Bertz CT molecular complexity index is 529. The fraction of sp³-hybridized carbons (Fsp3) is 0.467. The van der Waals surface area contributed by atoms with Crippen LogP contribution >= 0.6 is 0 Å². The molecule has 2 rings (SSSR count). The van der Waals surface area contributed by atoms with E-state index in [1.165, 1.54) is 0 Å². The van der Waals surface area contributed by atoms with Crippen molar-refractivity contribution in [2.45, 2.75) is 19.9 Å². The van der Waals surface area contributed by atoms with Crippen LogP contribution in [0.1, 0.15) is 18.9 Å². The number of rotatable bonds is 5. The highest BCUT2D eigenvalue weighted by molar-refractivity contribution is 5.92. The molecule has 1 aromatic rings. The lowest BCUT2D eigenvalue weighted by Crippen LogP contribution is -2.39. The summed E-state index contributed by atoms with van der Waals surface area (Å²) in [5.74, 6) is -0.396. The van der Waals surface area contributed by atoms with Gasteiger partial charge in [-0.25, -0.2) is 0 Å². The van der Waals surface area contributed by atoms with Crippen molar-refractivity contribution in [2.75, 3.05) is 25.0 Å². The first-order valence-corrected chi connectivity index (χ1v) is 7.04. The van der Waals surface area contributed by atoms with Crippen molar-refractivity contribution in [1.29, 1.82) is 0 Å². The predicted molar refractivity (Wildman–Crippen MR) is 81.3 cm³/mol. The molecule has 1 aliphatic heterocycles. The molecule has 0 aromatic heterocycles. The van der Waals surface area contributed by atoms with E-state index in [0.717, 1.165) is 11.3 Å². The molecule has 0 radical (unpaired) electrons. The van der Waals surface area contributed by atoms with Crippen molar-refractivity contribution in [3.8, 4) is 0 Å². The second kappa shape index (κ2) is 6.24. The molecule has 1 aromatic carbocycles. The van der Waals surface area contributed by atoms with Crippen molar-refractivity contribution in [2.24, 2.45) is 16.9 Å². The highest BCUT2D eigenvalue weighted by atomic mass is 16.2. The molecule has 1 fully saturated rings. The molecule has 0 spiro atoms. The van der Waals surface area contributed by atoms with Crippen LogP contribution in [0.4, 0.5) is 5.69 Å². The van der Waals surface area contributed by atoms with Crippen molar-refractivity contribution < 1.29 is 9.59 Å². The van der Waals surface area contributed by atoms with E-state index in [4.69, 9.17) is 11.5 Å². The highest BCUT2D eigenvalue weighted by Gasteiger charge is 2.39. The first-order chi connectivity index (χ1) is 9.93. The van der Waals surface area contributed by atoms with Crippen LogP contribution in [0, 0.1) is 5.41 Å². The first kappa shape index (κ1) is 15.5. The second-order valence-electron chi connectivity index (χ2n) is 5.83. The quantitative estimate of drug-likeness (QED) is 0.725. The Balaban J connectivity index is 1.86. The van der Waals surface area contributed by atoms with E-state index in [-0.39, 0.29) is 18.4 Å². The van der Waals surface area contributed by atoms with Crippen molar-refractivity contribution >= 4 is 17.5 Å². The summed E-state index contributed by atoms with van der Waals surface area (Å²) in [6.45, 7) is 3.83. The lowest BCUT2D eigenvalue weighted by molar-refractivity contribution is -0.126. The highest BCUT2D eigenvalue weighted by Crippen LogP contribution is 2.29. The number of nitrogens with two attached hydrogens (primary N) is 2. The maximum atomic E-state index is 12.0. The Morgan fingerprint density at radius 1 is 1.33 bits per heavy atom. The number of nitrogens with one attached hydrogen (secondary N) is 1. The van der Waals surface area contributed by atoms with Gasteiger partial charge in [-0.3, -0.25) is 14.5 Å². The van der Waals surface area contributed by atoms with Crippen LogP contribution in [0.25, 0.3) is 0 Å². The molecule has 2 amide bonds. The van der Waals surface area contributed by atoms with Crippen LogP contribution in [0.2, 0.25) is 0 Å². The molecule has 0 bridgehead atoms. The molecule has 1 unspecified atom stereocenters. The van der Waals surface area contributed by atoms with Gasteiger partial charge in [-0.2, -0.15) is 0 Å². The summed E-state index contributed by atoms with van der Waals surface area (Å²) in [5, 5.41) is 2.84. The van der Waals surface area contributed by atoms with Gasteiger partial charge >= 0.3 is 0 Å². The average Bonchev–Trinajstić information content (AvgIpc) is 2.82.